The number of anilines is 2. The van der Waals surface area contributed by atoms with Crippen LogP contribution in [0.2, 0.25) is 0 Å². The molecule has 0 aliphatic carbocycles. The number of halogens is 2. The predicted molar refractivity (Wildman–Crippen MR) is 151 cm³/mol. The van der Waals surface area contributed by atoms with Crippen molar-refractivity contribution in [3.63, 3.8) is 0 Å². The maximum absolute atomic E-state index is 16.0. The van der Waals surface area contributed by atoms with Crippen LogP contribution in [-0.2, 0) is 27.6 Å². The number of nitrogens with one attached hydrogen (secondary N) is 1. The normalized spacial score (nSPS) is 35.6. The van der Waals surface area contributed by atoms with Gasteiger partial charge in [-0.25, -0.2) is 28.7 Å². The second-order valence-electron chi connectivity index (χ2n) is 10.1. The topological polar surface area (TPSA) is 275 Å². The molecule has 0 saturated carbocycles. The summed E-state index contributed by atoms with van der Waals surface area (Å²) in [6.07, 6.45) is -10.3. The molecule has 0 spiro atoms. The molecule has 3 aliphatic rings. The second-order valence-corrected chi connectivity index (χ2v) is 14.5. The molecule has 3 aliphatic heterocycles. The van der Waals surface area contributed by atoms with Gasteiger partial charge < -0.3 is 20.9 Å². The lowest BCUT2D eigenvalue weighted by Crippen LogP contribution is -2.35. The molecule has 20 nitrogen and oxygen atoms in total. The summed E-state index contributed by atoms with van der Waals surface area (Å²) in [4.78, 5) is 66.9. The lowest BCUT2D eigenvalue weighted by atomic mass is 10.1. The van der Waals surface area contributed by atoms with Crippen molar-refractivity contribution in [1.82, 2.24) is 39.0 Å². The van der Waals surface area contributed by atoms with Gasteiger partial charge in [-0.3, -0.25) is 18.9 Å². The minimum absolute atomic E-state index is 0.0294. The Bertz CT molecular complexity index is 1820. The summed E-state index contributed by atoms with van der Waals surface area (Å²) in [6.45, 7) is -1.52. The number of rotatable bonds is 2. The Labute approximate surface area is 255 Å². The zero-order chi connectivity index (χ0) is 31.8. The number of alkyl halides is 2. The smallest absolute Gasteiger partial charge is 0.382 e. The molecule has 25 heteroatoms. The summed E-state index contributed by atoms with van der Waals surface area (Å²) in [5, 5.41) is 0. The number of nitrogen functional groups attached to an aromatic ring is 2. The molecule has 1 unspecified atom stereocenters. The summed E-state index contributed by atoms with van der Waals surface area (Å²) < 4.78 is 67.1. The van der Waals surface area contributed by atoms with Crippen molar-refractivity contribution in [3.05, 3.63) is 29.3 Å². The molecule has 0 radical (unpaired) electrons. The molecule has 8 N–H and O–H groups in total. The van der Waals surface area contributed by atoms with Gasteiger partial charge in [0, 0.05) is 0 Å². The number of hydrogen-bond donors (Lipinski definition) is 7. The van der Waals surface area contributed by atoms with Crippen LogP contribution in [0.4, 0.5) is 20.5 Å². The number of nitrogens with two attached hydrogens (primary N) is 2. The van der Waals surface area contributed by atoms with Crippen molar-refractivity contribution in [2.24, 2.45) is 0 Å². The Morgan fingerprint density at radius 2 is 1.58 bits per heavy atom. The molecule has 9 atom stereocenters. The Hall–Kier alpha value is -2.79. The maximum atomic E-state index is 16.0. The molecule has 4 aromatic rings. The Morgan fingerprint density at radius 1 is 0.889 bits per heavy atom. The van der Waals surface area contributed by atoms with Crippen molar-refractivity contribution in [3.8, 4) is 0 Å². The van der Waals surface area contributed by atoms with Crippen LogP contribution < -0.4 is 17.0 Å². The third kappa shape index (κ3) is 5.51. The van der Waals surface area contributed by atoms with E-state index in [1.807, 2.05) is 0 Å². The van der Waals surface area contributed by atoms with Crippen molar-refractivity contribution in [2.45, 2.75) is 49.2 Å². The summed E-state index contributed by atoms with van der Waals surface area (Å²) in [5.41, 5.74) is 10.8. The van der Waals surface area contributed by atoms with Crippen LogP contribution in [0.3, 0.4) is 0 Å². The number of ether oxygens (including phenoxy) is 2. The average Bonchev–Trinajstić information content (AvgIpc) is 3.72. The first kappa shape index (κ1) is 30.8. The van der Waals surface area contributed by atoms with Crippen molar-refractivity contribution < 1.29 is 51.0 Å². The standard InChI is InChI=1S/C20H23F2N10O10P2S/c21-8-6-1-38-44(36,45)42-12-7(40-18(9(12)22)31-4-27-10-14(23)25-3-26-15(10)31)2-37-43(34,35)41-13(8)19(39-6)32-5-28-11-16(32)29-20(24)30-17(11)33/h3-9,12-13,18-19,34-36,45H,1-2H2,(H4-,23,24,25,26,29,30,33)/q+1/p+1/t6-,7-,8-,9+,12-,13-,18-,19-,44?/m1/s1. The summed E-state index contributed by atoms with van der Waals surface area (Å²) in [6, 6.07) is 0. The van der Waals surface area contributed by atoms with E-state index >= 15 is 8.78 Å². The van der Waals surface area contributed by atoms with E-state index in [0.29, 0.717) is 0 Å². The van der Waals surface area contributed by atoms with E-state index in [0.717, 1.165) is 17.2 Å². The number of fused-ring (bicyclic) bond motifs is 5. The van der Waals surface area contributed by atoms with Gasteiger partial charge in [0.15, 0.2) is 59.6 Å². The van der Waals surface area contributed by atoms with Gasteiger partial charge in [0.25, 0.3) is 5.56 Å². The number of H-pyrrole nitrogens is 1. The van der Waals surface area contributed by atoms with Crippen molar-refractivity contribution >= 4 is 61.7 Å². The van der Waals surface area contributed by atoms with Crippen LogP contribution in [0.5, 0.6) is 0 Å². The van der Waals surface area contributed by atoms with E-state index in [1.54, 1.807) is 0 Å². The molecule has 0 aromatic carbocycles. The minimum Gasteiger partial charge on any atom is -0.382 e. The third-order valence-electron chi connectivity index (χ3n) is 7.25. The van der Waals surface area contributed by atoms with Crippen LogP contribution in [0.15, 0.2) is 23.8 Å². The van der Waals surface area contributed by atoms with E-state index in [-0.39, 0.29) is 34.1 Å². The SMILES string of the molecule is Nc1nc2c(ncn2[C@@H]2O[C@@H]3CO[P+](O)(S)O[C@H]4[C@H](F)[C@H](n5cnc6c(N)ncnc65)O[C@@H]4CO[P+](O)(O)O[C@@H]2[C@@H]3F)c(=O)[nH]1. The van der Waals surface area contributed by atoms with E-state index in [2.05, 4.69) is 42.2 Å². The van der Waals surface area contributed by atoms with Gasteiger partial charge in [-0.05, 0) is 0 Å². The van der Waals surface area contributed by atoms with Gasteiger partial charge in [0.05, 0.1) is 24.9 Å². The van der Waals surface area contributed by atoms with E-state index in [4.69, 9.17) is 39.0 Å². The molecule has 3 saturated heterocycles. The number of hydrogen-bond acceptors (Lipinski definition) is 18. The maximum Gasteiger partial charge on any atom is 0.570 e. The average molecular weight is 696 g/mol. The highest BCUT2D eigenvalue weighted by Crippen LogP contribution is 2.65. The third-order valence-corrected chi connectivity index (χ3v) is 9.89. The summed E-state index contributed by atoms with van der Waals surface area (Å²) in [7, 11) is -9.17. The van der Waals surface area contributed by atoms with Crippen LogP contribution in [0.25, 0.3) is 22.3 Å². The molecule has 45 heavy (non-hydrogen) atoms. The van der Waals surface area contributed by atoms with Gasteiger partial charge >= 0.3 is 15.3 Å². The Balaban J connectivity index is 1.20. The minimum atomic E-state index is -4.93. The van der Waals surface area contributed by atoms with Gasteiger partial charge in [0.1, 0.15) is 37.3 Å². The number of aromatic amines is 1. The lowest BCUT2D eigenvalue weighted by Gasteiger charge is -2.23. The van der Waals surface area contributed by atoms with Crippen LogP contribution in [-0.4, -0.2) is 104 Å². The molecule has 7 rings (SSSR count). The number of thiol groups is 1. The zero-order valence-electron chi connectivity index (χ0n) is 22.3. The quantitative estimate of drug-likeness (QED) is 0.104. The van der Waals surface area contributed by atoms with Gasteiger partial charge in [0.2, 0.25) is 5.95 Å². The molecule has 2 bridgehead atoms. The molecule has 7 heterocycles. The van der Waals surface area contributed by atoms with Gasteiger partial charge in [-0.15, -0.1) is 4.52 Å². The molecular weight excluding hydrogens is 672 g/mol. The fraction of sp³-hybridized carbons (Fsp3) is 0.500. The first-order chi connectivity index (χ1) is 21.3. The molecular formula is C20H24F2N10O10P2S+2. The number of nitrogens with zero attached hydrogens (tertiary/aromatic N) is 7. The number of aromatic nitrogens is 8. The molecule has 0 amide bonds. The number of imidazole rings is 2. The molecule has 3 fully saturated rings. The first-order valence-electron chi connectivity index (χ1n) is 12.9. The van der Waals surface area contributed by atoms with Crippen LogP contribution >= 0.6 is 27.6 Å². The summed E-state index contributed by atoms with van der Waals surface area (Å²) in [5.74, 6) is -0.253. The molecule has 242 valence electrons. The Kier molecular flexibility index (Phi) is 7.66. The monoisotopic (exact) mass is 696 g/mol. The van der Waals surface area contributed by atoms with E-state index in [1.165, 1.54) is 10.9 Å². The zero-order valence-corrected chi connectivity index (χ0v) is 25.0. The second kappa shape index (κ2) is 11.2. The van der Waals surface area contributed by atoms with E-state index < -0.39 is 83.3 Å². The van der Waals surface area contributed by atoms with Crippen molar-refractivity contribution in [2.75, 3.05) is 24.7 Å². The summed E-state index contributed by atoms with van der Waals surface area (Å²) >= 11 is 4.04. The first-order valence-corrected chi connectivity index (χ1v) is 17.2. The van der Waals surface area contributed by atoms with Crippen LogP contribution in [0, 0.1) is 0 Å². The fourth-order valence-electron chi connectivity index (χ4n) is 5.25. The van der Waals surface area contributed by atoms with Crippen molar-refractivity contribution in [1.29, 1.82) is 0 Å². The highest BCUT2D eigenvalue weighted by atomic mass is 32.7. The predicted octanol–water partition coefficient (Wildman–Crippen LogP) is -0.326. The van der Waals surface area contributed by atoms with Gasteiger partial charge in [-0.2, -0.15) is 33.2 Å². The van der Waals surface area contributed by atoms with Crippen LogP contribution in [0.1, 0.15) is 12.5 Å². The fourth-order valence-corrected chi connectivity index (χ4v) is 7.69. The largest absolute Gasteiger partial charge is 0.570 e. The van der Waals surface area contributed by atoms with Gasteiger partial charge in [-0.1, -0.05) is 0 Å². The highest BCUT2D eigenvalue weighted by Gasteiger charge is 2.61. The Morgan fingerprint density at radius 3 is 2.36 bits per heavy atom. The highest BCUT2D eigenvalue weighted by molar-refractivity contribution is 8.47. The lowest BCUT2D eigenvalue weighted by molar-refractivity contribution is -0.0692. The molecule has 4 aromatic heterocycles. The van der Waals surface area contributed by atoms with E-state index in [9.17, 15) is 19.5 Å².